The molecule has 7 nitrogen and oxygen atoms in total. The number of carbonyl (C=O) groups excluding carboxylic acids is 1. The molecule has 1 saturated carbocycles. The predicted octanol–water partition coefficient (Wildman–Crippen LogP) is 2.41. The fourth-order valence-electron chi connectivity index (χ4n) is 4.54. The van der Waals surface area contributed by atoms with E-state index in [1.807, 2.05) is 23.1 Å². The van der Waals surface area contributed by atoms with Gasteiger partial charge in [0.1, 0.15) is 5.82 Å². The van der Waals surface area contributed by atoms with Gasteiger partial charge in [0.2, 0.25) is 0 Å². The fourth-order valence-corrected chi connectivity index (χ4v) is 5.34. The molecule has 4 atom stereocenters. The van der Waals surface area contributed by atoms with Gasteiger partial charge < -0.3 is 15.3 Å². The first-order chi connectivity index (χ1) is 13.7. The van der Waals surface area contributed by atoms with Crippen molar-refractivity contribution in [3.8, 4) is 0 Å². The number of aliphatic hydroxyl groups is 1. The van der Waals surface area contributed by atoms with E-state index in [0.29, 0.717) is 30.6 Å². The number of likely N-dealkylation sites (tertiary alicyclic amines) is 1. The van der Waals surface area contributed by atoms with Crippen LogP contribution in [0.25, 0.3) is 10.2 Å². The van der Waals surface area contributed by atoms with Gasteiger partial charge in [-0.05, 0) is 36.8 Å². The van der Waals surface area contributed by atoms with Crippen molar-refractivity contribution in [3.63, 3.8) is 0 Å². The minimum Gasteiger partial charge on any atom is -0.391 e. The summed E-state index contributed by atoms with van der Waals surface area (Å²) < 4.78 is 0.949. The van der Waals surface area contributed by atoms with E-state index < -0.39 is 6.10 Å². The molecule has 1 aliphatic carbocycles. The topological polar surface area (TPSA) is 91.2 Å². The molecule has 0 unspecified atom stereocenters. The molecule has 28 heavy (non-hydrogen) atoms. The Morgan fingerprint density at radius 3 is 2.86 bits per heavy atom. The molecule has 3 aromatic rings. The minimum atomic E-state index is -0.455. The minimum absolute atomic E-state index is 0.0668. The summed E-state index contributed by atoms with van der Waals surface area (Å²) in [5.74, 6) is 1.45. The fraction of sp³-hybridized carbons (Fsp3) is 0.400. The van der Waals surface area contributed by atoms with Gasteiger partial charge in [0.25, 0.3) is 5.91 Å². The maximum atomic E-state index is 13.2. The summed E-state index contributed by atoms with van der Waals surface area (Å²) in [5.41, 5.74) is 3.38. The van der Waals surface area contributed by atoms with Crippen molar-refractivity contribution in [2.45, 2.75) is 25.0 Å². The largest absolute Gasteiger partial charge is 0.391 e. The molecule has 144 valence electrons. The standard InChI is InChI=1S/C20H21N5O2S/c26-17-7-13-10-25(20(27)14-2-1-3-15-19(14)28-11-23-15)9-12(13)6-16(17)24-18-8-21-4-5-22-18/h1-5,8,11-13,16-17,26H,6-7,9-10H2,(H,22,24)/t12-,13+,16-,17-/m1/s1. The third kappa shape index (κ3) is 3.12. The molecule has 2 aliphatic rings. The van der Waals surface area contributed by atoms with Crippen LogP contribution in [0.3, 0.4) is 0 Å². The summed E-state index contributed by atoms with van der Waals surface area (Å²) >= 11 is 1.51. The molecule has 8 heteroatoms. The van der Waals surface area contributed by atoms with Crippen LogP contribution < -0.4 is 5.32 Å². The highest BCUT2D eigenvalue weighted by Gasteiger charge is 2.43. The Hall–Kier alpha value is -2.58. The Bertz CT molecular complexity index is 994. The van der Waals surface area contributed by atoms with Crippen molar-refractivity contribution in [3.05, 3.63) is 47.9 Å². The number of hydrogen-bond donors (Lipinski definition) is 2. The van der Waals surface area contributed by atoms with Crippen LogP contribution >= 0.6 is 11.3 Å². The average Bonchev–Trinajstić information content (AvgIpc) is 3.35. The lowest BCUT2D eigenvalue weighted by Gasteiger charge is -2.35. The maximum Gasteiger partial charge on any atom is 0.255 e. The second-order valence-corrected chi connectivity index (χ2v) is 8.47. The zero-order chi connectivity index (χ0) is 19.1. The summed E-state index contributed by atoms with van der Waals surface area (Å²) in [7, 11) is 0. The number of amides is 1. The number of fused-ring (bicyclic) bond motifs is 2. The van der Waals surface area contributed by atoms with E-state index in [9.17, 15) is 9.90 Å². The summed E-state index contributed by atoms with van der Waals surface area (Å²) in [6.07, 6.45) is 5.98. The van der Waals surface area contributed by atoms with Crippen molar-refractivity contribution >= 4 is 33.3 Å². The van der Waals surface area contributed by atoms with E-state index >= 15 is 0 Å². The van der Waals surface area contributed by atoms with Gasteiger partial charge in [-0.1, -0.05) is 6.07 Å². The van der Waals surface area contributed by atoms with Gasteiger partial charge in [-0.25, -0.2) is 9.97 Å². The van der Waals surface area contributed by atoms with Crippen molar-refractivity contribution in [1.29, 1.82) is 0 Å². The molecule has 2 N–H and O–H groups in total. The Labute approximate surface area is 166 Å². The van der Waals surface area contributed by atoms with Crippen molar-refractivity contribution in [2.24, 2.45) is 11.8 Å². The van der Waals surface area contributed by atoms with E-state index in [4.69, 9.17) is 0 Å². The average molecular weight is 395 g/mol. The number of nitrogens with zero attached hydrogens (tertiary/aromatic N) is 4. The smallest absolute Gasteiger partial charge is 0.255 e. The third-order valence-corrected chi connectivity index (χ3v) is 6.79. The summed E-state index contributed by atoms with van der Waals surface area (Å²) in [5, 5.41) is 13.9. The van der Waals surface area contributed by atoms with E-state index in [-0.39, 0.29) is 11.9 Å². The molecular weight excluding hydrogens is 374 g/mol. The highest BCUT2D eigenvalue weighted by Crippen LogP contribution is 2.38. The highest BCUT2D eigenvalue weighted by molar-refractivity contribution is 7.17. The van der Waals surface area contributed by atoms with Crippen LogP contribution in [0.4, 0.5) is 5.82 Å². The molecule has 0 spiro atoms. The number of hydrogen-bond acceptors (Lipinski definition) is 7. The van der Waals surface area contributed by atoms with Crippen LogP contribution in [0.15, 0.2) is 42.3 Å². The molecule has 0 bridgehead atoms. The SMILES string of the molecule is O=C(c1cccc2ncsc12)N1C[C@H]2C[C@@H](Nc3cnccn3)[C@H](O)C[C@H]2C1. The number of nitrogens with one attached hydrogen (secondary N) is 1. The summed E-state index contributed by atoms with van der Waals surface area (Å²) in [4.78, 5) is 27.7. The van der Waals surface area contributed by atoms with E-state index in [1.54, 1.807) is 24.1 Å². The lowest BCUT2D eigenvalue weighted by atomic mass is 9.77. The number of thiazole rings is 1. The monoisotopic (exact) mass is 395 g/mol. The highest BCUT2D eigenvalue weighted by atomic mass is 32.1. The van der Waals surface area contributed by atoms with Gasteiger partial charge in [0.05, 0.1) is 39.6 Å². The van der Waals surface area contributed by atoms with E-state index in [2.05, 4.69) is 20.3 Å². The van der Waals surface area contributed by atoms with E-state index in [1.165, 1.54) is 11.3 Å². The first-order valence-electron chi connectivity index (χ1n) is 9.51. The first-order valence-corrected chi connectivity index (χ1v) is 10.4. The molecule has 2 aromatic heterocycles. The zero-order valence-electron chi connectivity index (χ0n) is 15.2. The molecule has 1 aliphatic heterocycles. The summed E-state index contributed by atoms with van der Waals surface area (Å²) in [6.45, 7) is 1.43. The predicted molar refractivity (Wildman–Crippen MR) is 107 cm³/mol. The molecule has 1 aromatic carbocycles. The Kier molecular flexibility index (Phi) is 4.44. The Morgan fingerprint density at radius 1 is 1.18 bits per heavy atom. The van der Waals surface area contributed by atoms with Gasteiger partial charge in [0, 0.05) is 25.5 Å². The molecule has 5 rings (SSSR count). The Morgan fingerprint density at radius 2 is 2.04 bits per heavy atom. The van der Waals surface area contributed by atoms with Gasteiger partial charge in [-0.15, -0.1) is 11.3 Å². The molecular formula is C20H21N5O2S. The van der Waals surface area contributed by atoms with Crippen molar-refractivity contribution < 1.29 is 9.90 Å². The van der Waals surface area contributed by atoms with Crippen molar-refractivity contribution in [1.82, 2.24) is 19.9 Å². The van der Waals surface area contributed by atoms with Gasteiger partial charge in [-0.3, -0.25) is 9.78 Å². The number of aliphatic hydroxyl groups excluding tert-OH is 1. The maximum absolute atomic E-state index is 13.2. The van der Waals surface area contributed by atoms with Crippen LogP contribution in [0.2, 0.25) is 0 Å². The molecule has 1 amide bonds. The number of anilines is 1. The number of benzene rings is 1. The van der Waals surface area contributed by atoms with Crippen LogP contribution in [0.1, 0.15) is 23.2 Å². The second-order valence-electron chi connectivity index (χ2n) is 7.62. The lowest BCUT2D eigenvalue weighted by Crippen LogP contribution is -2.43. The molecule has 1 saturated heterocycles. The Balaban J connectivity index is 1.31. The van der Waals surface area contributed by atoms with Crippen molar-refractivity contribution in [2.75, 3.05) is 18.4 Å². The van der Waals surface area contributed by atoms with Gasteiger partial charge in [-0.2, -0.15) is 0 Å². The van der Waals surface area contributed by atoms with Crippen LogP contribution in [0, 0.1) is 11.8 Å². The summed E-state index contributed by atoms with van der Waals surface area (Å²) in [6, 6.07) is 5.64. The second kappa shape index (κ2) is 7.10. The van der Waals surface area contributed by atoms with Crippen LogP contribution in [-0.4, -0.2) is 56.1 Å². The lowest BCUT2D eigenvalue weighted by molar-refractivity contribution is 0.0727. The quantitative estimate of drug-likeness (QED) is 0.708. The normalized spacial score (nSPS) is 27.0. The van der Waals surface area contributed by atoms with Gasteiger partial charge in [0.15, 0.2) is 0 Å². The molecule has 3 heterocycles. The van der Waals surface area contributed by atoms with Gasteiger partial charge >= 0.3 is 0 Å². The van der Waals surface area contributed by atoms with Crippen LogP contribution in [-0.2, 0) is 0 Å². The third-order valence-electron chi connectivity index (χ3n) is 5.91. The first kappa shape index (κ1) is 17.5. The van der Waals surface area contributed by atoms with Crippen LogP contribution in [0.5, 0.6) is 0 Å². The van der Waals surface area contributed by atoms with E-state index in [0.717, 1.165) is 28.7 Å². The molecule has 2 fully saturated rings. The number of aromatic nitrogens is 3. The molecule has 0 radical (unpaired) electrons. The number of carbonyl (C=O) groups is 1. The number of rotatable bonds is 3. The zero-order valence-corrected chi connectivity index (χ0v) is 16.0.